The van der Waals surface area contributed by atoms with Gasteiger partial charge < -0.3 is 14.8 Å². The molecule has 2 heterocycles. The number of ether oxygens (including phenoxy) is 2. The van der Waals surface area contributed by atoms with E-state index in [9.17, 15) is 4.39 Å². The first kappa shape index (κ1) is 11.8. The number of nitrogens with one attached hydrogen (secondary N) is 1. The smallest absolute Gasteiger partial charge is 0.214 e. The van der Waals surface area contributed by atoms with Gasteiger partial charge in [-0.2, -0.15) is 4.39 Å². The van der Waals surface area contributed by atoms with Crippen LogP contribution in [0.15, 0.2) is 36.4 Å². The molecular weight excluding hydrogens is 247 g/mol. The zero-order chi connectivity index (χ0) is 13.1. The molecule has 1 N–H and O–H groups in total. The Morgan fingerprint density at radius 1 is 1.11 bits per heavy atom. The highest BCUT2D eigenvalue weighted by molar-refractivity contribution is 5.49. The molecule has 0 spiro atoms. The number of hydrogen-bond donors (Lipinski definition) is 1. The summed E-state index contributed by atoms with van der Waals surface area (Å²) >= 11 is 0. The van der Waals surface area contributed by atoms with Crippen LogP contribution in [-0.4, -0.2) is 18.2 Å². The molecule has 1 aliphatic heterocycles. The molecule has 0 fully saturated rings. The molecule has 0 bridgehead atoms. The number of aromatic nitrogens is 1. The van der Waals surface area contributed by atoms with Crippen molar-refractivity contribution in [1.82, 2.24) is 4.98 Å². The highest BCUT2D eigenvalue weighted by Crippen LogP contribution is 2.33. The van der Waals surface area contributed by atoms with Crippen molar-refractivity contribution in [1.29, 1.82) is 0 Å². The Morgan fingerprint density at radius 3 is 2.84 bits per heavy atom. The van der Waals surface area contributed by atoms with Crippen molar-refractivity contribution >= 4 is 5.82 Å². The van der Waals surface area contributed by atoms with Crippen LogP contribution in [0.25, 0.3) is 0 Å². The lowest BCUT2D eigenvalue weighted by atomic mass is 10.1. The minimum absolute atomic E-state index is 0.495. The fourth-order valence-electron chi connectivity index (χ4n) is 1.97. The van der Waals surface area contributed by atoms with Gasteiger partial charge in [0.15, 0.2) is 11.5 Å². The molecule has 2 aromatic rings. The molecule has 0 atom stereocenters. The fraction of sp³-hybridized carbons (Fsp3) is 0.214. The highest BCUT2D eigenvalue weighted by Gasteiger charge is 2.15. The van der Waals surface area contributed by atoms with E-state index in [1.807, 2.05) is 18.2 Å². The fourth-order valence-corrected chi connectivity index (χ4v) is 1.97. The Morgan fingerprint density at radius 2 is 1.95 bits per heavy atom. The normalized spacial score (nSPS) is 13.1. The number of para-hydroxylation sites is 1. The van der Waals surface area contributed by atoms with E-state index in [1.165, 1.54) is 6.07 Å². The van der Waals surface area contributed by atoms with Gasteiger partial charge in [-0.15, -0.1) is 0 Å². The summed E-state index contributed by atoms with van der Waals surface area (Å²) < 4.78 is 24.1. The van der Waals surface area contributed by atoms with E-state index in [0.29, 0.717) is 25.6 Å². The summed E-state index contributed by atoms with van der Waals surface area (Å²) in [4.78, 5) is 3.75. The third kappa shape index (κ3) is 2.59. The predicted octanol–water partition coefficient (Wildman–Crippen LogP) is 2.60. The first-order valence-electron chi connectivity index (χ1n) is 6.07. The van der Waals surface area contributed by atoms with Crippen LogP contribution in [0, 0.1) is 5.95 Å². The first-order valence-corrected chi connectivity index (χ1v) is 6.07. The third-order valence-electron chi connectivity index (χ3n) is 2.82. The van der Waals surface area contributed by atoms with Gasteiger partial charge in [0, 0.05) is 12.1 Å². The van der Waals surface area contributed by atoms with Crippen LogP contribution >= 0.6 is 0 Å². The third-order valence-corrected chi connectivity index (χ3v) is 2.82. The average Bonchev–Trinajstić information content (AvgIpc) is 2.45. The molecule has 19 heavy (non-hydrogen) atoms. The maximum atomic E-state index is 13.0. The monoisotopic (exact) mass is 260 g/mol. The number of hydrogen-bond acceptors (Lipinski definition) is 4. The zero-order valence-electron chi connectivity index (χ0n) is 10.2. The van der Waals surface area contributed by atoms with Gasteiger partial charge in [0.2, 0.25) is 5.95 Å². The van der Waals surface area contributed by atoms with Gasteiger partial charge in [-0.25, -0.2) is 4.98 Å². The number of benzene rings is 1. The molecule has 4 nitrogen and oxygen atoms in total. The Balaban J connectivity index is 1.77. The number of fused-ring (bicyclic) bond motifs is 1. The molecule has 5 heteroatoms. The summed E-state index contributed by atoms with van der Waals surface area (Å²) in [7, 11) is 0. The van der Waals surface area contributed by atoms with E-state index < -0.39 is 5.95 Å². The molecule has 3 rings (SSSR count). The lowest BCUT2D eigenvalue weighted by Gasteiger charge is -2.21. The van der Waals surface area contributed by atoms with Crippen molar-refractivity contribution < 1.29 is 13.9 Å². The number of nitrogens with zero attached hydrogens (tertiary/aromatic N) is 1. The van der Waals surface area contributed by atoms with E-state index in [4.69, 9.17) is 9.47 Å². The van der Waals surface area contributed by atoms with Crippen molar-refractivity contribution in [3.63, 3.8) is 0 Å². The molecule has 1 aromatic heterocycles. The van der Waals surface area contributed by atoms with Crippen molar-refractivity contribution in [2.45, 2.75) is 6.54 Å². The molecule has 0 unspecified atom stereocenters. The second kappa shape index (κ2) is 5.14. The quantitative estimate of drug-likeness (QED) is 0.861. The number of pyridine rings is 1. The lowest BCUT2D eigenvalue weighted by molar-refractivity contribution is 0.170. The minimum atomic E-state index is -0.500. The van der Waals surface area contributed by atoms with Gasteiger partial charge in [-0.3, -0.25) is 0 Å². The molecule has 0 saturated carbocycles. The summed E-state index contributed by atoms with van der Waals surface area (Å²) in [5.74, 6) is 1.49. The van der Waals surface area contributed by atoms with E-state index in [0.717, 1.165) is 17.1 Å². The lowest BCUT2D eigenvalue weighted by Crippen LogP contribution is -2.17. The summed E-state index contributed by atoms with van der Waals surface area (Å²) in [5, 5.41) is 3.07. The van der Waals surface area contributed by atoms with E-state index >= 15 is 0 Å². The maximum absolute atomic E-state index is 13.0. The number of anilines is 1. The SMILES string of the molecule is Fc1cccc(NCc2cccc3c2OCCO3)n1. The van der Waals surface area contributed by atoms with E-state index in [-0.39, 0.29) is 0 Å². The van der Waals surface area contributed by atoms with Gasteiger partial charge in [0.05, 0.1) is 0 Å². The maximum Gasteiger partial charge on any atom is 0.214 e. The molecule has 98 valence electrons. The summed E-state index contributed by atoms with van der Waals surface area (Å²) in [6.45, 7) is 1.61. The van der Waals surface area contributed by atoms with Crippen LogP contribution < -0.4 is 14.8 Å². The van der Waals surface area contributed by atoms with Gasteiger partial charge in [-0.1, -0.05) is 18.2 Å². The Bertz CT molecular complexity index is 589. The van der Waals surface area contributed by atoms with Gasteiger partial charge in [-0.05, 0) is 18.2 Å². The minimum Gasteiger partial charge on any atom is -0.486 e. The Hall–Kier alpha value is -2.30. The molecule has 1 aliphatic rings. The van der Waals surface area contributed by atoms with Crippen molar-refractivity contribution in [3.8, 4) is 11.5 Å². The van der Waals surface area contributed by atoms with Crippen LogP contribution in [0.5, 0.6) is 11.5 Å². The summed E-state index contributed by atoms with van der Waals surface area (Å²) in [6, 6.07) is 10.4. The Labute approximate surface area is 110 Å². The van der Waals surface area contributed by atoms with Crippen LogP contribution in [0.2, 0.25) is 0 Å². The molecule has 0 aliphatic carbocycles. The van der Waals surface area contributed by atoms with Gasteiger partial charge >= 0.3 is 0 Å². The van der Waals surface area contributed by atoms with Crippen LogP contribution in [0.3, 0.4) is 0 Å². The van der Waals surface area contributed by atoms with Crippen LogP contribution in [0.1, 0.15) is 5.56 Å². The Kier molecular flexibility index (Phi) is 3.18. The topological polar surface area (TPSA) is 43.4 Å². The van der Waals surface area contributed by atoms with E-state index in [1.54, 1.807) is 12.1 Å². The predicted molar refractivity (Wildman–Crippen MR) is 69.0 cm³/mol. The largest absolute Gasteiger partial charge is 0.486 e. The second-order valence-electron chi connectivity index (χ2n) is 4.14. The highest BCUT2D eigenvalue weighted by atomic mass is 19.1. The molecular formula is C14H13FN2O2. The second-order valence-corrected chi connectivity index (χ2v) is 4.14. The van der Waals surface area contributed by atoms with Crippen molar-refractivity contribution in [3.05, 3.63) is 47.9 Å². The number of halogens is 1. The number of rotatable bonds is 3. The van der Waals surface area contributed by atoms with Crippen LogP contribution in [0.4, 0.5) is 10.2 Å². The van der Waals surface area contributed by atoms with Gasteiger partial charge in [0.25, 0.3) is 0 Å². The van der Waals surface area contributed by atoms with Crippen molar-refractivity contribution in [2.75, 3.05) is 18.5 Å². The molecule has 0 radical (unpaired) electrons. The molecule has 0 amide bonds. The first-order chi connectivity index (χ1) is 9.33. The summed E-state index contributed by atoms with van der Waals surface area (Å²) in [5.41, 5.74) is 0.961. The van der Waals surface area contributed by atoms with Gasteiger partial charge in [0.1, 0.15) is 19.0 Å². The molecule has 0 saturated heterocycles. The van der Waals surface area contributed by atoms with Crippen molar-refractivity contribution in [2.24, 2.45) is 0 Å². The standard InChI is InChI=1S/C14H13FN2O2/c15-12-5-2-6-13(17-12)16-9-10-3-1-4-11-14(10)19-8-7-18-11/h1-6H,7-9H2,(H,16,17). The molecule has 1 aromatic carbocycles. The van der Waals surface area contributed by atoms with Crippen LogP contribution in [-0.2, 0) is 6.54 Å². The van der Waals surface area contributed by atoms with E-state index in [2.05, 4.69) is 10.3 Å². The summed E-state index contributed by atoms with van der Waals surface area (Å²) in [6.07, 6.45) is 0. The zero-order valence-corrected chi connectivity index (χ0v) is 10.2. The average molecular weight is 260 g/mol.